The fourth-order valence-electron chi connectivity index (χ4n) is 1.93. The number of anilines is 1. The maximum Gasteiger partial charge on any atom is 0.179 e. The summed E-state index contributed by atoms with van der Waals surface area (Å²) in [5.74, 6) is 2.65. The number of benzene rings is 1. The van der Waals surface area contributed by atoms with Crippen molar-refractivity contribution in [3.8, 4) is 22.8 Å². The SMILES string of the molecule is COc1c(Cl)cc(-c2cc(N)no2)cc1OCC1CC1. The summed E-state index contributed by atoms with van der Waals surface area (Å²) < 4.78 is 16.2. The first-order valence-corrected chi connectivity index (χ1v) is 6.78. The van der Waals surface area contributed by atoms with Gasteiger partial charge in [0, 0.05) is 11.6 Å². The normalized spacial score (nSPS) is 14.3. The Hall–Kier alpha value is -1.88. The topological polar surface area (TPSA) is 70.5 Å². The van der Waals surface area contributed by atoms with Crippen LogP contribution in [0.15, 0.2) is 22.7 Å². The van der Waals surface area contributed by atoms with Crippen molar-refractivity contribution in [2.75, 3.05) is 19.5 Å². The molecule has 106 valence electrons. The third-order valence-corrected chi connectivity index (χ3v) is 3.48. The molecule has 0 amide bonds. The van der Waals surface area contributed by atoms with Gasteiger partial charge in [0.05, 0.1) is 18.7 Å². The van der Waals surface area contributed by atoms with E-state index < -0.39 is 0 Å². The lowest BCUT2D eigenvalue weighted by Crippen LogP contribution is -2.01. The number of nitrogen functional groups attached to an aromatic ring is 1. The van der Waals surface area contributed by atoms with Crippen LogP contribution in [-0.2, 0) is 0 Å². The predicted molar refractivity (Wildman–Crippen MR) is 76.1 cm³/mol. The molecule has 2 aromatic rings. The lowest BCUT2D eigenvalue weighted by Gasteiger charge is -2.13. The summed E-state index contributed by atoms with van der Waals surface area (Å²) in [7, 11) is 1.57. The molecule has 1 aliphatic carbocycles. The molecule has 1 heterocycles. The van der Waals surface area contributed by atoms with Crippen molar-refractivity contribution in [3.05, 3.63) is 23.2 Å². The second-order valence-electron chi connectivity index (χ2n) is 4.86. The van der Waals surface area contributed by atoms with E-state index in [1.807, 2.05) is 6.07 Å². The van der Waals surface area contributed by atoms with Gasteiger partial charge in [0.1, 0.15) is 0 Å². The molecule has 3 rings (SSSR count). The Balaban J connectivity index is 1.94. The summed E-state index contributed by atoms with van der Waals surface area (Å²) in [6.45, 7) is 0.675. The monoisotopic (exact) mass is 294 g/mol. The predicted octanol–water partition coefficient (Wildman–Crippen LogP) is 3.37. The second kappa shape index (κ2) is 5.25. The smallest absolute Gasteiger partial charge is 0.179 e. The molecule has 1 aromatic carbocycles. The van der Waals surface area contributed by atoms with Crippen LogP contribution in [0.2, 0.25) is 5.02 Å². The van der Waals surface area contributed by atoms with Gasteiger partial charge in [-0.3, -0.25) is 0 Å². The van der Waals surface area contributed by atoms with E-state index in [0.29, 0.717) is 40.6 Å². The highest BCUT2D eigenvalue weighted by Crippen LogP contribution is 2.40. The van der Waals surface area contributed by atoms with E-state index >= 15 is 0 Å². The van der Waals surface area contributed by atoms with Gasteiger partial charge in [-0.1, -0.05) is 16.8 Å². The molecular weight excluding hydrogens is 280 g/mol. The molecule has 6 heteroatoms. The van der Waals surface area contributed by atoms with Crippen LogP contribution >= 0.6 is 11.6 Å². The second-order valence-corrected chi connectivity index (χ2v) is 5.27. The fourth-order valence-corrected chi connectivity index (χ4v) is 2.22. The van der Waals surface area contributed by atoms with Crippen LogP contribution in [0.5, 0.6) is 11.5 Å². The van der Waals surface area contributed by atoms with E-state index in [9.17, 15) is 0 Å². The van der Waals surface area contributed by atoms with Crippen molar-refractivity contribution >= 4 is 17.4 Å². The molecule has 1 fully saturated rings. The quantitative estimate of drug-likeness (QED) is 0.915. The number of aromatic nitrogens is 1. The Labute approximate surface area is 121 Å². The van der Waals surface area contributed by atoms with Crippen LogP contribution in [0.3, 0.4) is 0 Å². The Morgan fingerprint density at radius 2 is 2.20 bits per heavy atom. The number of methoxy groups -OCH3 is 1. The van der Waals surface area contributed by atoms with Crippen LogP contribution in [0.1, 0.15) is 12.8 Å². The van der Waals surface area contributed by atoms with E-state index in [-0.39, 0.29) is 0 Å². The minimum absolute atomic E-state index is 0.326. The Kier molecular flexibility index (Phi) is 3.44. The van der Waals surface area contributed by atoms with Crippen LogP contribution in [0.4, 0.5) is 5.82 Å². The van der Waals surface area contributed by atoms with Gasteiger partial charge in [-0.15, -0.1) is 0 Å². The van der Waals surface area contributed by atoms with Crippen molar-refractivity contribution in [1.82, 2.24) is 5.16 Å². The van der Waals surface area contributed by atoms with E-state index in [0.717, 1.165) is 5.56 Å². The average molecular weight is 295 g/mol. The zero-order chi connectivity index (χ0) is 14.1. The van der Waals surface area contributed by atoms with Gasteiger partial charge in [0.2, 0.25) is 0 Å². The standard InChI is InChI=1S/C14H15ClN2O3/c1-18-14-10(15)4-9(11-6-13(16)17-20-11)5-12(14)19-7-8-2-3-8/h4-6,8H,2-3,7H2,1H3,(H2,16,17). The van der Waals surface area contributed by atoms with E-state index in [1.165, 1.54) is 12.8 Å². The Morgan fingerprint density at radius 1 is 1.40 bits per heavy atom. The summed E-state index contributed by atoms with van der Waals surface area (Å²) in [6, 6.07) is 5.21. The first-order valence-electron chi connectivity index (χ1n) is 6.40. The summed E-state index contributed by atoms with van der Waals surface area (Å²) >= 11 is 6.22. The van der Waals surface area contributed by atoms with Crippen molar-refractivity contribution in [2.24, 2.45) is 5.92 Å². The van der Waals surface area contributed by atoms with Gasteiger partial charge in [-0.25, -0.2) is 0 Å². The van der Waals surface area contributed by atoms with Crippen molar-refractivity contribution < 1.29 is 14.0 Å². The number of rotatable bonds is 5. The molecule has 0 atom stereocenters. The molecule has 0 unspecified atom stereocenters. The molecule has 1 saturated carbocycles. The van der Waals surface area contributed by atoms with Crippen LogP contribution in [-0.4, -0.2) is 18.9 Å². The van der Waals surface area contributed by atoms with Gasteiger partial charge in [0.15, 0.2) is 23.1 Å². The van der Waals surface area contributed by atoms with Gasteiger partial charge in [-0.2, -0.15) is 0 Å². The highest BCUT2D eigenvalue weighted by atomic mass is 35.5. The van der Waals surface area contributed by atoms with Gasteiger partial charge >= 0.3 is 0 Å². The zero-order valence-corrected chi connectivity index (χ0v) is 11.8. The van der Waals surface area contributed by atoms with Crippen LogP contribution < -0.4 is 15.2 Å². The van der Waals surface area contributed by atoms with Crippen molar-refractivity contribution in [1.29, 1.82) is 0 Å². The third-order valence-electron chi connectivity index (χ3n) is 3.20. The summed E-state index contributed by atoms with van der Waals surface area (Å²) in [5.41, 5.74) is 6.32. The number of halogens is 1. The van der Waals surface area contributed by atoms with E-state index in [2.05, 4.69) is 5.16 Å². The number of nitrogens with two attached hydrogens (primary N) is 1. The number of ether oxygens (including phenoxy) is 2. The first kappa shape index (κ1) is 13.1. The third kappa shape index (κ3) is 2.67. The maximum atomic E-state index is 6.22. The number of nitrogens with zero attached hydrogens (tertiary/aromatic N) is 1. The summed E-state index contributed by atoms with van der Waals surface area (Å²) in [4.78, 5) is 0. The Bertz CT molecular complexity index is 623. The summed E-state index contributed by atoms with van der Waals surface area (Å²) in [6.07, 6.45) is 2.43. The molecule has 20 heavy (non-hydrogen) atoms. The van der Waals surface area contributed by atoms with Crippen LogP contribution in [0.25, 0.3) is 11.3 Å². The highest BCUT2D eigenvalue weighted by Gasteiger charge is 2.23. The zero-order valence-electron chi connectivity index (χ0n) is 11.1. The summed E-state index contributed by atoms with van der Waals surface area (Å²) in [5, 5.41) is 4.13. The average Bonchev–Trinajstić information content (AvgIpc) is 3.16. The van der Waals surface area contributed by atoms with E-state index in [1.54, 1.807) is 19.2 Å². The van der Waals surface area contributed by atoms with Gasteiger partial charge in [-0.05, 0) is 30.9 Å². The minimum atomic E-state index is 0.326. The molecule has 0 saturated heterocycles. The highest BCUT2D eigenvalue weighted by molar-refractivity contribution is 6.32. The number of hydrogen-bond donors (Lipinski definition) is 1. The lowest BCUT2D eigenvalue weighted by atomic mass is 10.1. The van der Waals surface area contributed by atoms with Crippen LogP contribution in [0, 0.1) is 5.92 Å². The molecule has 1 aliphatic rings. The number of hydrogen-bond acceptors (Lipinski definition) is 5. The maximum absolute atomic E-state index is 6.22. The Morgan fingerprint density at radius 3 is 2.80 bits per heavy atom. The lowest BCUT2D eigenvalue weighted by molar-refractivity contribution is 0.280. The minimum Gasteiger partial charge on any atom is -0.491 e. The van der Waals surface area contributed by atoms with Crippen molar-refractivity contribution in [3.63, 3.8) is 0 Å². The molecular formula is C14H15ClN2O3. The largest absolute Gasteiger partial charge is 0.491 e. The molecule has 5 nitrogen and oxygen atoms in total. The molecule has 2 N–H and O–H groups in total. The fraction of sp³-hybridized carbons (Fsp3) is 0.357. The van der Waals surface area contributed by atoms with Crippen molar-refractivity contribution in [2.45, 2.75) is 12.8 Å². The molecule has 0 bridgehead atoms. The first-order chi connectivity index (χ1) is 9.67. The van der Waals surface area contributed by atoms with Gasteiger partial charge in [0.25, 0.3) is 0 Å². The molecule has 1 aromatic heterocycles. The molecule has 0 radical (unpaired) electrons. The molecule has 0 spiro atoms. The molecule has 0 aliphatic heterocycles. The van der Waals surface area contributed by atoms with Gasteiger partial charge < -0.3 is 19.7 Å². The van der Waals surface area contributed by atoms with E-state index in [4.69, 9.17) is 31.3 Å².